The molecular weight excluding hydrogens is 380 g/mol. The molecule has 0 aromatic heterocycles. The van der Waals surface area contributed by atoms with Crippen LogP contribution in [0.4, 0.5) is 0 Å². The summed E-state index contributed by atoms with van der Waals surface area (Å²) in [5.74, 6) is -0.543. The van der Waals surface area contributed by atoms with Gasteiger partial charge in [-0.1, -0.05) is 18.2 Å². The highest BCUT2D eigenvalue weighted by Crippen LogP contribution is 2.24. The van der Waals surface area contributed by atoms with E-state index in [1.54, 1.807) is 31.2 Å². The molecule has 2 atom stereocenters. The van der Waals surface area contributed by atoms with Crippen LogP contribution in [0.1, 0.15) is 55.0 Å². The molecule has 0 saturated carbocycles. The molecule has 0 radical (unpaired) electrons. The van der Waals surface area contributed by atoms with Gasteiger partial charge in [0.25, 0.3) is 5.91 Å². The Labute approximate surface area is 176 Å². The van der Waals surface area contributed by atoms with Crippen LogP contribution in [0.3, 0.4) is 0 Å². The van der Waals surface area contributed by atoms with Gasteiger partial charge in [-0.2, -0.15) is 5.26 Å². The Kier molecular flexibility index (Phi) is 7.08. The molecule has 3 rings (SSSR count). The monoisotopic (exact) mass is 406 g/mol. The second kappa shape index (κ2) is 9.93. The number of hydrogen-bond acceptors (Lipinski definition) is 5. The smallest absolute Gasteiger partial charge is 0.347 e. The van der Waals surface area contributed by atoms with Crippen LogP contribution in [-0.4, -0.2) is 24.6 Å². The number of rotatable bonds is 7. The molecule has 1 aliphatic carbocycles. The molecule has 30 heavy (non-hydrogen) atoms. The summed E-state index contributed by atoms with van der Waals surface area (Å²) < 4.78 is 10.6. The Hall–Kier alpha value is -3.33. The second-order valence-corrected chi connectivity index (χ2v) is 7.53. The van der Waals surface area contributed by atoms with Crippen molar-refractivity contribution in [2.24, 2.45) is 0 Å². The lowest BCUT2D eigenvalue weighted by Crippen LogP contribution is -2.34. The fraction of sp³-hybridized carbons (Fsp3) is 0.375. The second-order valence-electron chi connectivity index (χ2n) is 7.53. The fourth-order valence-corrected chi connectivity index (χ4v) is 3.50. The molecule has 2 aromatic carbocycles. The Bertz CT molecular complexity index is 947. The third kappa shape index (κ3) is 5.60. The molecule has 0 aliphatic heterocycles. The van der Waals surface area contributed by atoms with Crippen LogP contribution in [0.25, 0.3) is 0 Å². The SMILES string of the molecule is C[C@H](NC(=O)COC(=O)[C@@H](C)Oc1ccc(C#N)cc1)c1ccc2c(c1)CCCC2. The number of nitriles is 1. The third-order valence-electron chi connectivity index (χ3n) is 5.22. The number of amides is 1. The largest absolute Gasteiger partial charge is 0.479 e. The Morgan fingerprint density at radius 2 is 1.77 bits per heavy atom. The zero-order valence-electron chi connectivity index (χ0n) is 17.3. The van der Waals surface area contributed by atoms with Crippen molar-refractivity contribution in [2.45, 2.75) is 51.7 Å². The number of hydrogen-bond donors (Lipinski definition) is 1. The van der Waals surface area contributed by atoms with Crippen LogP contribution >= 0.6 is 0 Å². The minimum Gasteiger partial charge on any atom is -0.479 e. The summed E-state index contributed by atoms with van der Waals surface area (Å²) in [5.41, 5.74) is 4.31. The van der Waals surface area contributed by atoms with Gasteiger partial charge in [0.15, 0.2) is 12.7 Å². The zero-order valence-corrected chi connectivity index (χ0v) is 17.3. The topological polar surface area (TPSA) is 88.4 Å². The molecule has 156 valence electrons. The van der Waals surface area contributed by atoms with Crippen LogP contribution in [-0.2, 0) is 27.2 Å². The van der Waals surface area contributed by atoms with Crippen LogP contribution in [0.15, 0.2) is 42.5 Å². The van der Waals surface area contributed by atoms with Crippen molar-refractivity contribution in [1.82, 2.24) is 5.32 Å². The molecule has 0 unspecified atom stereocenters. The average molecular weight is 406 g/mol. The standard InChI is InChI=1S/C24H26N2O4/c1-16(20-10-9-19-5-3-4-6-21(19)13-20)26-23(27)15-29-24(28)17(2)30-22-11-7-18(14-25)8-12-22/h7-13,16-17H,3-6,15H2,1-2H3,(H,26,27)/t16-,17+/m0/s1. The normalized spacial score (nSPS) is 14.6. The van der Waals surface area contributed by atoms with E-state index in [9.17, 15) is 9.59 Å². The molecule has 0 fully saturated rings. The summed E-state index contributed by atoms with van der Waals surface area (Å²) >= 11 is 0. The van der Waals surface area contributed by atoms with E-state index in [1.165, 1.54) is 24.0 Å². The van der Waals surface area contributed by atoms with E-state index >= 15 is 0 Å². The molecule has 0 saturated heterocycles. The Morgan fingerprint density at radius 3 is 2.47 bits per heavy atom. The van der Waals surface area contributed by atoms with E-state index in [1.807, 2.05) is 13.0 Å². The van der Waals surface area contributed by atoms with E-state index < -0.39 is 12.1 Å². The maximum atomic E-state index is 12.2. The maximum Gasteiger partial charge on any atom is 0.347 e. The minimum absolute atomic E-state index is 0.171. The minimum atomic E-state index is -0.871. The van der Waals surface area contributed by atoms with Crippen molar-refractivity contribution < 1.29 is 19.1 Å². The molecule has 0 bridgehead atoms. The van der Waals surface area contributed by atoms with E-state index in [-0.39, 0.29) is 18.6 Å². The number of ether oxygens (including phenoxy) is 2. The fourth-order valence-electron chi connectivity index (χ4n) is 3.50. The van der Waals surface area contributed by atoms with Gasteiger partial charge in [-0.15, -0.1) is 0 Å². The van der Waals surface area contributed by atoms with Gasteiger partial charge in [-0.05, 0) is 80.5 Å². The first kappa shape index (κ1) is 21.4. The predicted molar refractivity (Wildman–Crippen MR) is 112 cm³/mol. The third-order valence-corrected chi connectivity index (χ3v) is 5.22. The molecular formula is C24H26N2O4. The number of aryl methyl sites for hydroxylation is 2. The molecule has 0 heterocycles. The van der Waals surface area contributed by atoms with Crippen molar-refractivity contribution in [3.05, 3.63) is 64.7 Å². The van der Waals surface area contributed by atoms with E-state index in [0.29, 0.717) is 11.3 Å². The van der Waals surface area contributed by atoms with Crippen LogP contribution < -0.4 is 10.1 Å². The lowest BCUT2D eigenvalue weighted by molar-refractivity contribution is -0.154. The first-order chi connectivity index (χ1) is 14.5. The van der Waals surface area contributed by atoms with Gasteiger partial charge in [0, 0.05) is 0 Å². The lowest BCUT2D eigenvalue weighted by atomic mass is 9.89. The summed E-state index contributed by atoms with van der Waals surface area (Å²) in [7, 11) is 0. The van der Waals surface area contributed by atoms with Gasteiger partial charge in [-0.3, -0.25) is 4.79 Å². The lowest BCUT2D eigenvalue weighted by Gasteiger charge is -2.20. The van der Waals surface area contributed by atoms with Gasteiger partial charge in [0.2, 0.25) is 0 Å². The zero-order chi connectivity index (χ0) is 21.5. The number of nitrogens with one attached hydrogen (secondary N) is 1. The summed E-state index contributed by atoms with van der Waals surface area (Å²) in [4.78, 5) is 24.3. The molecule has 1 N–H and O–H groups in total. The van der Waals surface area contributed by atoms with E-state index in [2.05, 4.69) is 23.5 Å². The summed E-state index contributed by atoms with van der Waals surface area (Å²) in [6.07, 6.45) is 3.77. The molecule has 1 amide bonds. The molecule has 0 spiro atoms. The number of carbonyl (C=O) groups excluding carboxylic acids is 2. The summed E-state index contributed by atoms with van der Waals surface area (Å²) in [6.45, 7) is 3.10. The van der Waals surface area contributed by atoms with Crippen LogP contribution in [0, 0.1) is 11.3 Å². The van der Waals surface area contributed by atoms with Crippen molar-refractivity contribution in [3.8, 4) is 11.8 Å². The number of fused-ring (bicyclic) bond motifs is 1. The number of esters is 1. The molecule has 1 aliphatic rings. The summed E-state index contributed by atoms with van der Waals surface area (Å²) in [5, 5.41) is 11.7. The number of nitrogens with zero attached hydrogens (tertiary/aromatic N) is 1. The highest BCUT2D eigenvalue weighted by atomic mass is 16.6. The Morgan fingerprint density at radius 1 is 1.07 bits per heavy atom. The van der Waals surface area contributed by atoms with E-state index in [4.69, 9.17) is 14.7 Å². The van der Waals surface area contributed by atoms with Gasteiger partial charge >= 0.3 is 5.97 Å². The highest BCUT2D eigenvalue weighted by molar-refractivity contribution is 5.82. The van der Waals surface area contributed by atoms with Crippen LogP contribution in [0.5, 0.6) is 5.75 Å². The van der Waals surface area contributed by atoms with Gasteiger partial charge < -0.3 is 14.8 Å². The van der Waals surface area contributed by atoms with E-state index in [0.717, 1.165) is 18.4 Å². The van der Waals surface area contributed by atoms with Crippen molar-refractivity contribution in [1.29, 1.82) is 5.26 Å². The average Bonchev–Trinajstić information content (AvgIpc) is 2.77. The number of carbonyl (C=O) groups is 2. The Balaban J connectivity index is 1.46. The van der Waals surface area contributed by atoms with Crippen molar-refractivity contribution in [3.63, 3.8) is 0 Å². The highest BCUT2D eigenvalue weighted by Gasteiger charge is 2.19. The first-order valence-electron chi connectivity index (χ1n) is 10.2. The summed E-state index contributed by atoms with van der Waals surface area (Å²) in [6, 6.07) is 14.6. The molecule has 6 heteroatoms. The maximum absolute atomic E-state index is 12.2. The molecule has 6 nitrogen and oxygen atoms in total. The number of benzene rings is 2. The van der Waals surface area contributed by atoms with Crippen molar-refractivity contribution in [2.75, 3.05) is 6.61 Å². The first-order valence-corrected chi connectivity index (χ1v) is 10.2. The van der Waals surface area contributed by atoms with Gasteiger partial charge in [0.05, 0.1) is 17.7 Å². The quantitative estimate of drug-likeness (QED) is 0.710. The van der Waals surface area contributed by atoms with Crippen molar-refractivity contribution >= 4 is 11.9 Å². The van der Waals surface area contributed by atoms with Crippen LogP contribution in [0.2, 0.25) is 0 Å². The predicted octanol–water partition coefficient (Wildman–Crippen LogP) is 3.62. The van der Waals surface area contributed by atoms with Gasteiger partial charge in [0.1, 0.15) is 5.75 Å². The van der Waals surface area contributed by atoms with Gasteiger partial charge in [-0.25, -0.2) is 4.79 Å². The molecule has 2 aromatic rings.